The Morgan fingerprint density at radius 2 is 1.57 bits per heavy atom. The smallest absolute Gasteiger partial charge is 0.398 e. The summed E-state index contributed by atoms with van der Waals surface area (Å²) in [5.74, 6) is 1.16. The van der Waals surface area contributed by atoms with Crippen LogP contribution in [0.25, 0.3) is 0 Å². The van der Waals surface area contributed by atoms with E-state index < -0.39 is 0 Å². The van der Waals surface area contributed by atoms with Crippen LogP contribution < -0.4 is 0 Å². The lowest BCUT2D eigenvalue weighted by atomic mass is 9.83. The molecule has 3 aliphatic rings. The minimum absolute atomic E-state index is 0.307. The largest absolute Gasteiger partial charge is 0.513 e. The molecule has 0 atom stereocenters. The van der Waals surface area contributed by atoms with Gasteiger partial charge in [-0.25, -0.2) is 4.99 Å². The van der Waals surface area contributed by atoms with Crippen molar-refractivity contribution < 1.29 is 9.31 Å². The van der Waals surface area contributed by atoms with Gasteiger partial charge in [-0.3, -0.25) is 0 Å². The van der Waals surface area contributed by atoms with Gasteiger partial charge in [-0.05, 0) is 40.5 Å². The van der Waals surface area contributed by atoms with Gasteiger partial charge in [0.15, 0.2) is 0 Å². The van der Waals surface area contributed by atoms with E-state index in [1.807, 2.05) is 20.0 Å². The summed E-state index contributed by atoms with van der Waals surface area (Å²) in [6.45, 7) is 15.4. The van der Waals surface area contributed by atoms with Crippen molar-refractivity contribution in [3.05, 3.63) is 11.8 Å². The lowest BCUT2D eigenvalue weighted by Gasteiger charge is -2.32. The molecule has 0 aliphatic carbocycles. The van der Waals surface area contributed by atoms with Crippen molar-refractivity contribution in [1.82, 2.24) is 9.80 Å². The second kappa shape index (κ2) is 6.85. The lowest BCUT2D eigenvalue weighted by molar-refractivity contribution is 0.00578. The summed E-state index contributed by atoms with van der Waals surface area (Å²) in [6.07, 6.45) is 4.46. The molecule has 0 spiro atoms. The molecule has 0 radical (unpaired) electrons. The molecular formula is C17H32BN3O2. The van der Waals surface area contributed by atoms with Crippen LogP contribution in [0.15, 0.2) is 16.8 Å². The van der Waals surface area contributed by atoms with E-state index in [2.05, 4.69) is 49.5 Å². The molecule has 130 valence electrons. The van der Waals surface area contributed by atoms with Crippen LogP contribution in [0.5, 0.6) is 0 Å². The van der Waals surface area contributed by atoms with Crippen LogP contribution >= 0.6 is 0 Å². The lowest BCUT2D eigenvalue weighted by Crippen LogP contribution is -2.43. The van der Waals surface area contributed by atoms with Crippen molar-refractivity contribution in [3.8, 4) is 0 Å². The molecule has 23 heavy (non-hydrogen) atoms. The number of rotatable bonds is 1. The van der Waals surface area contributed by atoms with Gasteiger partial charge in [-0.15, -0.1) is 0 Å². The van der Waals surface area contributed by atoms with Gasteiger partial charge in [0.2, 0.25) is 0 Å². The second-order valence-electron chi connectivity index (χ2n) is 7.24. The number of hydrogen-bond acceptors (Lipinski definition) is 5. The highest BCUT2D eigenvalue weighted by Crippen LogP contribution is 2.39. The first-order chi connectivity index (χ1) is 10.8. The van der Waals surface area contributed by atoms with Crippen LogP contribution in [-0.2, 0) is 9.31 Å². The van der Waals surface area contributed by atoms with E-state index in [0.29, 0.717) is 0 Å². The highest BCUT2D eigenvalue weighted by molar-refractivity contribution is 6.54. The van der Waals surface area contributed by atoms with E-state index in [1.165, 1.54) is 12.8 Å². The Bertz CT molecular complexity index is 466. The Balaban J connectivity index is 0.000000924. The maximum absolute atomic E-state index is 6.12. The molecule has 0 amide bonds. The Kier molecular flexibility index (Phi) is 5.46. The average Bonchev–Trinajstić information content (AvgIpc) is 3.08. The van der Waals surface area contributed by atoms with Crippen LogP contribution in [0.1, 0.15) is 54.4 Å². The Morgan fingerprint density at radius 1 is 1.04 bits per heavy atom. The molecule has 3 rings (SSSR count). The molecule has 0 bridgehead atoms. The van der Waals surface area contributed by atoms with Crippen molar-refractivity contribution in [2.75, 3.05) is 26.7 Å². The van der Waals surface area contributed by atoms with Gasteiger partial charge >= 0.3 is 7.12 Å². The predicted molar refractivity (Wildman–Crippen MR) is 96.4 cm³/mol. The SMILES string of the molecule is CC.CN1CC(N2CCCC2)=NC=C1B1OC(C)(C)C(C)(C)O1. The van der Waals surface area contributed by atoms with E-state index in [0.717, 1.165) is 31.1 Å². The number of nitrogens with zero attached hydrogens (tertiary/aromatic N) is 3. The summed E-state index contributed by atoms with van der Waals surface area (Å²) in [5, 5.41) is 0. The van der Waals surface area contributed by atoms with Gasteiger partial charge in [-0.2, -0.15) is 0 Å². The van der Waals surface area contributed by atoms with Gasteiger partial charge in [0.05, 0.1) is 23.3 Å². The number of hydrogen-bond donors (Lipinski definition) is 0. The molecule has 5 nitrogen and oxygen atoms in total. The zero-order valence-corrected chi connectivity index (χ0v) is 15.8. The van der Waals surface area contributed by atoms with E-state index in [-0.39, 0.29) is 18.3 Å². The molecule has 3 heterocycles. The Hall–Kier alpha value is -1.01. The summed E-state index contributed by atoms with van der Waals surface area (Å²) in [6, 6.07) is 0. The minimum atomic E-state index is -0.330. The van der Waals surface area contributed by atoms with Crippen LogP contribution in [-0.4, -0.2) is 60.6 Å². The van der Waals surface area contributed by atoms with Crippen molar-refractivity contribution in [2.24, 2.45) is 4.99 Å². The van der Waals surface area contributed by atoms with Gasteiger partial charge in [-0.1, -0.05) is 13.8 Å². The molecule has 2 fully saturated rings. The third-order valence-corrected chi connectivity index (χ3v) is 5.13. The molecule has 0 aromatic heterocycles. The topological polar surface area (TPSA) is 37.3 Å². The first-order valence-electron chi connectivity index (χ1n) is 8.89. The van der Waals surface area contributed by atoms with Crippen molar-refractivity contribution in [3.63, 3.8) is 0 Å². The fraction of sp³-hybridized carbons (Fsp3) is 0.824. The summed E-state index contributed by atoms with van der Waals surface area (Å²) in [4.78, 5) is 9.24. The first-order valence-corrected chi connectivity index (χ1v) is 8.89. The number of amidine groups is 1. The standard InChI is InChI=1S/C15H26BN3O2.C2H6/c1-14(2)15(3,4)21-16(20-14)12-10-17-13(11-18(12)5)19-8-6-7-9-19;1-2/h10H,6-9,11H2,1-5H3;1-2H3. The van der Waals surface area contributed by atoms with Gasteiger partial charge in [0, 0.05) is 26.3 Å². The van der Waals surface area contributed by atoms with E-state index in [4.69, 9.17) is 9.31 Å². The number of likely N-dealkylation sites (tertiary alicyclic amines) is 1. The monoisotopic (exact) mass is 321 g/mol. The van der Waals surface area contributed by atoms with E-state index >= 15 is 0 Å². The fourth-order valence-electron chi connectivity index (χ4n) is 2.94. The quantitative estimate of drug-likeness (QED) is 0.696. The van der Waals surface area contributed by atoms with Crippen molar-refractivity contribution in [2.45, 2.75) is 65.6 Å². The van der Waals surface area contributed by atoms with Gasteiger partial charge in [0.1, 0.15) is 5.84 Å². The molecule has 0 aromatic carbocycles. The fourth-order valence-corrected chi connectivity index (χ4v) is 2.94. The van der Waals surface area contributed by atoms with Crippen LogP contribution in [0, 0.1) is 0 Å². The highest BCUT2D eigenvalue weighted by Gasteiger charge is 2.53. The molecule has 6 heteroatoms. The van der Waals surface area contributed by atoms with Crippen LogP contribution in [0.4, 0.5) is 0 Å². The zero-order chi connectivity index (χ0) is 17.3. The minimum Gasteiger partial charge on any atom is -0.398 e. The molecule has 2 saturated heterocycles. The third-order valence-electron chi connectivity index (χ3n) is 5.13. The third kappa shape index (κ3) is 3.58. The molecule has 3 aliphatic heterocycles. The van der Waals surface area contributed by atoms with Crippen molar-refractivity contribution >= 4 is 13.0 Å². The van der Waals surface area contributed by atoms with Gasteiger partial charge < -0.3 is 19.1 Å². The molecule has 0 aromatic rings. The summed E-state index contributed by atoms with van der Waals surface area (Å²) in [7, 11) is 1.76. The maximum atomic E-state index is 6.12. The molecular weight excluding hydrogens is 289 g/mol. The van der Waals surface area contributed by atoms with Crippen molar-refractivity contribution in [1.29, 1.82) is 0 Å². The highest BCUT2D eigenvalue weighted by atomic mass is 16.7. The van der Waals surface area contributed by atoms with Crippen LogP contribution in [0.2, 0.25) is 0 Å². The zero-order valence-electron chi connectivity index (χ0n) is 15.8. The summed E-state index contributed by atoms with van der Waals surface area (Å²) < 4.78 is 12.2. The summed E-state index contributed by atoms with van der Waals surface area (Å²) in [5.41, 5.74) is 0.396. The average molecular weight is 321 g/mol. The van der Waals surface area contributed by atoms with E-state index in [9.17, 15) is 0 Å². The molecule has 0 N–H and O–H groups in total. The molecule has 0 unspecified atom stereocenters. The Labute approximate surface area is 141 Å². The first kappa shape index (κ1) is 18.3. The van der Waals surface area contributed by atoms with Crippen LogP contribution in [0.3, 0.4) is 0 Å². The predicted octanol–water partition coefficient (Wildman–Crippen LogP) is 2.93. The Morgan fingerprint density at radius 3 is 2.04 bits per heavy atom. The second-order valence-corrected chi connectivity index (χ2v) is 7.24. The van der Waals surface area contributed by atoms with E-state index in [1.54, 1.807) is 0 Å². The van der Waals surface area contributed by atoms with Gasteiger partial charge in [0.25, 0.3) is 0 Å². The number of likely N-dealkylation sites (N-methyl/N-ethyl adjacent to an activating group) is 1. The maximum Gasteiger partial charge on any atom is 0.513 e. The number of aliphatic imine (C=N–C) groups is 1. The summed E-state index contributed by atoms with van der Waals surface area (Å²) >= 11 is 0. The molecule has 0 saturated carbocycles. The normalized spacial score (nSPS) is 25.8.